The summed E-state index contributed by atoms with van der Waals surface area (Å²) in [6, 6.07) is 16.0. The molecule has 0 aromatic heterocycles. The fourth-order valence-corrected chi connectivity index (χ4v) is 3.63. The molecule has 25 heavy (non-hydrogen) atoms. The largest absolute Gasteiger partial charge is 0.371 e. The van der Waals surface area contributed by atoms with E-state index < -0.39 is 0 Å². The summed E-state index contributed by atoms with van der Waals surface area (Å²) < 4.78 is 0.972. The van der Waals surface area contributed by atoms with E-state index in [2.05, 4.69) is 57.3 Å². The van der Waals surface area contributed by atoms with Crippen LogP contribution in [-0.2, 0) is 0 Å². The van der Waals surface area contributed by atoms with Gasteiger partial charge in [-0.3, -0.25) is 4.79 Å². The molecule has 1 fully saturated rings. The summed E-state index contributed by atoms with van der Waals surface area (Å²) in [6.07, 6.45) is 2.59. The van der Waals surface area contributed by atoms with Gasteiger partial charge in [-0.05, 0) is 67.6 Å². The molecule has 0 aliphatic carbocycles. The summed E-state index contributed by atoms with van der Waals surface area (Å²) >= 11 is 3.39. The molecule has 1 aliphatic heterocycles. The van der Waals surface area contributed by atoms with Crippen LogP contribution < -0.4 is 10.2 Å². The first-order valence-corrected chi connectivity index (χ1v) is 9.73. The van der Waals surface area contributed by atoms with Crippen molar-refractivity contribution < 1.29 is 4.79 Å². The molecule has 2 atom stereocenters. The smallest absolute Gasteiger partial charge is 0.251 e. The number of halogens is 1. The summed E-state index contributed by atoms with van der Waals surface area (Å²) in [7, 11) is 0. The molecule has 2 aromatic rings. The lowest BCUT2D eigenvalue weighted by Gasteiger charge is -2.33. The van der Waals surface area contributed by atoms with Gasteiger partial charge in [0.05, 0.1) is 6.04 Å². The van der Waals surface area contributed by atoms with Gasteiger partial charge in [0, 0.05) is 28.8 Å². The average molecular weight is 401 g/mol. The van der Waals surface area contributed by atoms with Gasteiger partial charge in [0.15, 0.2) is 0 Å². The predicted octanol–water partition coefficient (Wildman–Crippen LogP) is 5.18. The zero-order chi connectivity index (χ0) is 17.8. The van der Waals surface area contributed by atoms with Gasteiger partial charge in [0.25, 0.3) is 5.91 Å². The van der Waals surface area contributed by atoms with Crippen molar-refractivity contribution in [3.05, 3.63) is 64.1 Å². The Morgan fingerprint density at radius 3 is 2.48 bits per heavy atom. The first-order valence-electron chi connectivity index (χ1n) is 8.94. The van der Waals surface area contributed by atoms with Crippen molar-refractivity contribution in [2.45, 2.75) is 32.7 Å². The molecular formula is C21H25BrN2O. The van der Waals surface area contributed by atoms with Crippen LogP contribution in [0.3, 0.4) is 0 Å². The zero-order valence-corrected chi connectivity index (χ0v) is 16.4. The fraction of sp³-hybridized carbons (Fsp3) is 0.381. The molecule has 0 spiro atoms. The molecular weight excluding hydrogens is 376 g/mol. The van der Waals surface area contributed by atoms with E-state index in [4.69, 9.17) is 0 Å². The van der Waals surface area contributed by atoms with Crippen molar-refractivity contribution in [1.82, 2.24) is 5.32 Å². The average Bonchev–Trinajstić information content (AvgIpc) is 2.62. The van der Waals surface area contributed by atoms with Crippen molar-refractivity contribution in [2.75, 3.05) is 18.0 Å². The number of carbonyl (C=O) groups is 1. The maximum Gasteiger partial charge on any atom is 0.251 e. The minimum atomic E-state index is -0.0473. The van der Waals surface area contributed by atoms with Gasteiger partial charge in [-0.1, -0.05) is 35.0 Å². The Hall–Kier alpha value is -1.81. The summed E-state index contributed by atoms with van der Waals surface area (Å²) in [5, 5.41) is 3.07. The Bertz CT molecular complexity index is 712. The van der Waals surface area contributed by atoms with Crippen molar-refractivity contribution in [1.29, 1.82) is 0 Å². The van der Waals surface area contributed by atoms with Crippen LogP contribution >= 0.6 is 15.9 Å². The third kappa shape index (κ3) is 4.63. The standard InChI is InChI=1S/C21H25BrN2O/c1-15-4-3-13-24(14-15)20-11-7-17(8-12-20)16(2)23-21(25)18-5-9-19(22)10-6-18/h5-12,15-16H,3-4,13-14H2,1-2H3,(H,23,25)/t15-,16-/m1/s1. The molecule has 0 saturated carbocycles. The van der Waals surface area contributed by atoms with Gasteiger partial charge in [0.2, 0.25) is 0 Å². The van der Waals surface area contributed by atoms with Crippen LogP contribution in [0.15, 0.2) is 53.0 Å². The maximum absolute atomic E-state index is 12.4. The van der Waals surface area contributed by atoms with E-state index in [0.29, 0.717) is 5.56 Å². The number of anilines is 1. The molecule has 132 valence electrons. The van der Waals surface area contributed by atoms with Crippen molar-refractivity contribution >= 4 is 27.5 Å². The van der Waals surface area contributed by atoms with E-state index in [1.165, 1.54) is 18.5 Å². The van der Waals surface area contributed by atoms with Gasteiger partial charge < -0.3 is 10.2 Å². The van der Waals surface area contributed by atoms with Gasteiger partial charge in [-0.15, -0.1) is 0 Å². The Kier molecular flexibility index (Phi) is 5.79. The predicted molar refractivity (Wildman–Crippen MR) is 107 cm³/mol. The maximum atomic E-state index is 12.4. The highest BCUT2D eigenvalue weighted by Crippen LogP contribution is 2.24. The topological polar surface area (TPSA) is 32.3 Å². The summed E-state index contributed by atoms with van der Waals surface area (Å²) in [6.45, 7) is 6.61. The minimum Gasteiger partial charge on any atom is -0.371 e. The highest BCUT2D eigenvalue weighted by atomic mass is 79.9. The van der Waals surface area contributed by atoms with Crippen molar-refractivity contribution in [3.63, 3.8) is 0 Å². The summed E-state index contributed by atoms with van der Waals surface area (Å²) in [5.41, 5.74) is 3.08. The number of benzene rings is 2. The second-order valence-electron chi connectivity index (χ2n) is 6.99. The van der Waals surface area contributed by atoms with Crippen LogP contribution in [0, 0.1) is 5.92 Å². The molecule has 1 N–H and O–H groups in total. The second kappa shape index (κ2) is 8.05. The van der Waals surface area contributed by atoms with Gasteiger partial charge >= 0.3 is 0 Å². The molecule has 0 unspecified atom stereocenters. The number of piperidine rings is 1. The molecule has 2 aromatic carbocycles. The quantitative estimate of drug-likeness (QED) is 0.766. The molecule has 3 rings (SSSR count). The summed E-state index contributed by atoms with van der Waals surface area (Å²) in [5.74, 6) is 0.714. The molecule has 0 radical (unpaired) electrons. The van der Waals surface area contributed by atoms with E-state index in [1.54, 1.807) is 0 Å². The van der Waals surface area contributed by atoms with E-state index >= 15 is 0 Å². The second-order valence-corrected chi connectivity index (χ2v) is 7.90. The van der Waals surface area contributed by atoms with Gasteiger partial charge in [-0.2, -0.15) is 0 Å². The van der Waals surface area contributed by atoms with Gasteiger partial charge in [-0.25, -0.2) is 0 Å². The number of nitrogens with zero attached hydrogens (tertiary/aromatic N) is 1. The zero-order valence-electron chi connectivity index (χ0n) is 14.8. The fourth-order valence-electron chi connectivity index (χ4n) is 3.36. The number of carbonyl (C=O) groups excluding carboxylic acids is 1. The van der Waals surface area contributed by atoms with Crippen LogP contribution in [0.5, 0.6) is 0 Å². The molecule has 1 aliphatic rings. The van der Waals surface area contributed by atoms with Crippen LogP contribution in [0.2, 0.25) is 0 Å². The van der Waals surface area contributed by atoms with Crippen LogP contribution in [0.1, 0.15) is 48.7 Å². The summed E-state index contributed by atoms with van der Waals surface area (Å²) in [4.78, 5) is 14.8. The molecule has 0 bridgehead atoms. The SMILES string of the molecule is C[C@@H]1CCCN(c2ccc([C@@H](C)NC(=O)c3ccc(Br)cc3)cc2)C1. The van der Waals surface area contributed by atoms with Crippen molar-refractivity contribution in [3.8, 4) is 0 Å². The molecule has 3 nitrogen and oxygen atoms in total. The molecule has 1 saturated heterocycles. The first-order chi connectivity index (χ1) is 12.0. The molecule has 1 amide bonds. The van der Waals surface area contributed by atoms with E-state index in [0.717, 1.165) is 29.0 Å². The number of hydrogen-bond donors (Lipinski definition) is 1. The van der Waals surface area contributed by atoms with Crippen LogP contribution in [0.4, 0.5) is 5.69 Å². The first kappa shape index (κ1) is 18.0. The monoisotopic (exact) mass is 400 g/mol. The molecule has 1 heterocycles. The Morgan fingerprint density at radius 1 is 1.16 bits per heavy atom. The lowest BCUT2D eigenvalue weighted by atomic mass is 9.99. The Morgan fingerprint density at radius 2 is 1.84 bits per heavy atom. The number of rotatable bonds is 4. The minimum absolute atomic E-state index is 0.0227. The number of amides is 1. The van der Waals surface area contributed by atoms with E-state index in [-0.39, 0.29) is 11.9 Å². The third-order valence-corrected chi connectivity index (χ3v) is 5.40. The molecule has 4 heteroatoms. The Balaban J connectivity index is 1.63. The number of hydrogen-bond acceptors (Lipinski definition) is 2. The highest BCUT2D eigenvalue weighted by Gasteiger charge is 2.17. The number of nitrogens with one attached hydrogen (secondary N) is 1. The van der Waals surface area contributed by atoms with E-state index in [1.807, 2.05) is 31.2 Å². The van der Waals surface area contributed by atoms with Gasteiger partial charge in [0.1, 0.15) is 0 Å². The normalized spacial score (nSPS) is 18.7. The van der Waals surface area contributed by atoms with Crippen LogP contribution in [0.25, 0.3) is 0 Å². The van der Waals surface area contributed by atoms with E-state index in [9.17, 15) is 4.79 Å². The highest BCUT2D eigenvalue weighted by molar-refractivity contribution is 9.10. The third-order valence-electron chi connectivity index (χ3n) is 4.87. The Labute approximate surface area is 158 Å². The lowest BCUT2D eigenvalue weighted by molar-refractivity contribution is 0.0940. The van der Waals surface area contributed by atoms with Crippen molar-refractivity contribution in [2.24, 2.45) is 5.92 Å². The lowest BCUT2D eigenvalue weighted by Crippen LogP contribution is -2.34. The van der Waals surface area contributed by atoms with Crippen LogP contribution in [-0.4, -0.2) is 19.0 Å².